The molecule has 1 atom stereocenters. The number of ether oxygens (including phenoxy) is 2. The number of benzene rings is 1. The van der Waals surface area contributed by atoms with Crippen molar-refractivity contribution in [3.05, 3.63) is 23.8 Å². The molecule has 110 valence electrons. The van der Waals surface area contributed by atoms with E-state index in [2.05, 4.69) is 25.2 Å². The number of nitrogens with one attached hydrogen (secondary N) is 1. The summed E-state index contributed by atoms with van der Waals surface area (Å²) in [4.78, 5) is 0. The van der Waals surface area contributed by atoms with Gasteiger partial charge in [-0.3, -0.25) is 0 Å². The van der Waals surface area contributed by atoms with Gasteiger partial charge in [-0.1, -0.05) is 13.0 Å². The van der Waals surface area contributed by atoms with E-state index in [9.17, 15) is 0 Å². The number of methoxy groups -OCH3 is 1. The molecule has 0 aromatic heterocycles. The van der Waals surface area contributed by atoms with Crippen molar-refractivity contribution in [3.63, 3.8) is 0 Å². The molecule has 0 aliphatic carbocycles. The number of nitrogens with zero attached hydrogens (tertiary/aromatic N) is 1. The van der Waals surface area contributed by atoms with Crippen molar-refractivity contribution in [2.75, 3.05) is 20.3 Å². The van der Waals surface area contributed by atoms with E-state index in [4.69, 9.17) is 14.7 Å². The van der Waals surface area contributed by atoms with Gasteiger partial charge in [0.2, 0.25) is 0 Å². The van der Waals surface area contributed by atoms with Crippen molar-refractivity contribution in [2.24, 2.45) is 0 Å². The maximum atomic E-state index is 8.51. The van der Waals surface area contributed by atoms with Gasteiger partial charge in [0.1, 0.15) is 11.5 Å². The minimum atomic E-state index is 0.236. The minimum Gasteiger partial charge on any atom is -0.497 e. The van der Waals surface area contributed by atoms with Gasteiger partial charge in [-0.25, -0.2) is 0 Å². The van der Waals surface area contributed by atoms with E-state index in [0.29, 0.717) is 13.0 Å². The third kappa shape index (κ3) is 5.10. The molecule has 0 saturated heterocycles. The Labute approximate surface area is 121 Å². The molecule has 1 aromatic carbocycles. The average Bonchev–Trinajstić information content (AvgIpc) is 2.47. The van der Waals surface area contributed by atoms with E-state index in [1.165, 1.54) is 0 Å². The molecular formula is C16H24N2O2. The molecule has 0 amide bonds. The van der Waals surface area contributed by atoms with Gasteiger partial charge in [-0.15, -0.1) is 0 Å². The predicted octanol–water partition coefficient (Wildman–Crippen LogP) is 3.44. The second-order valence-corrected chi connectivity index (χ2v) is 4.65. The first-order chi connectivity index (χ1) is 9.72. The van der Waals surface area contributed by atoms with Crippen molar-refractivity contribution in [3.8, 4) is 17.6 Å². The van der Waals surface area contributed by atoms with Crippen LogP contribution in [0.2, 0.25) is 0 Å². The van der Waals surface area contributed by atoms with E-state index < -0.39 is 0 Å². The van der Waals surface area contributed by atoms with E-state index >= 15 is 0 Å². The summed E-state index contributed by atoms with van der Waals surface area (Å²) in [6, 6.07) is 8.29. The summed E-state index contributed by atoms with van der Waals surface area (Å²) in [6.45, 7) is 5.74. The Morgan fingerprint density at radius 1 is 1.35 bits per heavy atom. The third-order valence-corrected chi connectivity index (χ3v) is 3.14. The summed E-state index contributed by atoms with van der Waals surface area (Å²) >= 11 is 0. The van der Waals surface area contributed by atoms with E-state index in [-0.39, 0.29) is 6.04 Å². The zero-order valence-corrected chi connectivity index (χ0v) is 12.6. The molecular weight excluding hydrogens is 252 g/mol. The van der Waals surface area contributed by atoms with Crippen molar-refractivity contribution in [1.29, 1.82) is 5.26 Å². The normalized spacial score (nSPS) is 11.7. The highest BCUT2D eigenvalue weighted by Gasteiger charge is 2.12. The fourth-order valence-corrected chi connectivity index (χ4v) is 2.03. The molecule has 1 unspecified atom stereocenters. The smallest absolute Gasteiger partial charge is 0.127 e. The van der Waals surface area contributed by atoms with Gasteiger partial charge < -0.3 is 14.8 Å². The lowest BCUT2D eigenvalue weighted by molar-refractivity contribution is 0.299. The van der Waals surface area contributed by atoms with Gasteiger partial charge >= 0.3 is 0 Å². The molecule has 0 heterocycles. The molecule has 1 N–H and O–H groups in total. The minimum absolute atomic E-state index is 0.236. The molecule has 0 aliphatic heterocycles. The van der Waals surface area contributed by atoms with Crippen LogP contribution in [0.15, 0.2) is 18.2 Å². The van der Waals surface area contributed by atoms with Gasteiger partial charge in [-0.05, 0) is 32.4 Å². The number of nitriles is 1. The Kier molecular flexibility index (Phi) is 7.52. The fourth-order valence-electron chi connectivity index (χ4n) is 2.03. The van der Waals surface area contributed by atoms with Gasteiger partial charge in [0.25, 0.3) is 0 Å². The summed E-state index contributed by atoms with van der Waals surface area (Å²) in [6.07, 6.45) is 2.35. The number of rotatable bonds is 9. The first kappa shape index (κ1) is 16.3. The molecule has 20 heavy (non-hydrogen) atoms. The quantitative estimate of drug-likeness (QED) is 0.702. The molecule has 4 nitrogen and oxygen atoms in total. The standard InChI is InChI=1S/C16H24N2O2/c1-4-18-13(2)15-9-8-14(19-3)12-16(15)20-11-7-5-6-10-17/h8-9,12-13,18H,4-7,11H2,1-3H3. The summed E-state index contributed by atoms with van der Waals surface area (Å²) in [5.41, 5.74) is 1.13. The highest BCUT2D eigenvalue weighted by atomic mass is 16.5. The van der Waals surface area contributed by atoms with Crippen molar-refractivity contribution in [2.45, 2.75) is 39.2 Å². The summed E-state index contributed by atoms with van der Waals surface area (Å²) in [5, 5.41) is 11.9. The topological polar surface area (TPSA) is 54.3 Å². The van der Waals surface area contributed by atoms with Crippen molar-refractivity contribution < 1.29 is 9.47 Å². The Morgan fingerprint density at radius 2 is 2.15 bits per heavy atom. The molecule has 0 aliphatic rings. The van der Waals surface area contributed by atoms with E-state index in [0.717, 1.165) is 36.4 Å². The molecule has 0 fully saturated rings. The van der Waals surface area contributed by atoms with Crippen LogP contribution < -0.4 is 14.8 Å². The first-order valence-electron chi connectivity index (χ1n) is 7.14. The SMILES string of the molecule is CCNC(C)c1ccc(OC)cc1OCCCCC#N. The van der Waals surface area contributed by atoms with E-state index in [1.807, 2.05) is 18.2 Å². The van der Waals surface area contributed by atoms with Crippen LogP contribution in [-0.4, -0.2) is 20.3 Å². The highest BCUT2D eigenvalue weighted by Crippen LogP contribution is 2.29. The lowest BCUT2D eigenvalue weighted by atomic mass is 10.1. The predicted molar refractivity (Wildman–Crippen MR) is 80.0 cm³/mol. The number of hydrogen-bond donors (Lipinski definition) is 1. The lowest BCUT2D eigenvalue weighted by Crippen LogP contribution is -2.18. The first-order valence-corrected chi connectivity index (χ1v) is 7.14. The fraction of sp³-hybridized carbons (Fsp3) is 0.562. The molecule has 0 bridgehead atoms. The van der Waals surface area contributed by atoms with Crippen LogP contribution in [0.3, 0.4) is 0 Å². The molecule has 4 heteroatoms. The average molecular weight is 276 g/mol. The number of hydrogen-bond acceptors (Lipinski definition) is 4. The largest absolute Gasteiger partial charge is 0.497 e. The van der Waals surface area contributed by atoms with Crippen LogP contribution in [0.1, 0.15) is 44.7 Å². The van der Waals surface area contributed by atoms with Gasteiger partial charge in [0, 0.05) is 24.1 Å². The second kappa shape index (κ2) is 9.22. The Hall–Kier alpha value is -1.73. The van der Waals surface area contributed by atoms with Crippen LogP contribution in [0.25, 0.3) is 0 Å². The zero-order valence-electron chi connectivity index (χ0n) is 12.6. The van der Waals surface area contributed by atoms with Crippen LogP contribution in [0.4, 0.5) is 0 Å². The summed E-state index contributed by atoms with van der Waals surface area (Å²) < 4.78 is 11.1. The molecule has 0 spiro atoms. The lowest BCUT2D eigenvalue weighted by Gasteiger charge is -2.18. The van der Waals surface area contributed by atoms with Crippen molar-refractivity contribution in [1.82, 2.24) is 5.32 Å². The second-order valence-electron chi connectivity index (χ2n) is 4.65. The van der Waals surface area contributed by atoms with Gasteiger partial charge in [0.05, 0.1) is 19.8 Å². The maximum Gasteiger partial charge on any atom is 0.127 e. The molecule has 1 rings (SSSR count). The Morgan fingerprint density at radius 3 is 2.80 bits per heavy atom. The summed E-state index contributed by atoms with van der Waals surface area (Å²) in [5.74, 6) is 1.65. The van der Waals surface area contributed by atoms with Crippen LogP contribution in [0.5, 0.6) is 11.5 Å². The van der Waals surface area contributed by atoms with E-state index in [1.54, 1.807) is 7.11 Å². The Bertz CT molecular complexity index is 441. The molecule has 0 radical (unpaired) electrons. The molecule has 0 saturated carbocycles. The van der Waals surface area contributed by atoms with Gasteiger partial charge in [-0.2, -0.15) is 5.26 Å². The van der Waals surface area contributed by atoms with Crippen LogP contribution in [-0.2, 0) is 0 Å². The third-order valence-electron chi connectivity index (χ3n) is 3.14. The maximum absolute atomic E-state index is 8.51. The van der Waals surface area contributed by atoms with Crippen LogP contribution in [0, 0.1) is 11.3 Å². The summed E-state index contributed by atoms with van der Waals surface area (Å²) in [7, 11) is 1.65. The monoisotopic (exact) mass is 276 g/mol. The molecule has 1 aromatic rings. The zero-order chi connectivity index (χ0) is 14.8. The van der Waals surface area contributed by atoms with Gasteiger partial charge in [0.15, 0.2) is 0 Å². The van der Waals surface area contributed by atoms with Crippen molar-refractivity contribution >= 4 is 0 Å². The highest BCUT2D eigenvalue weighted by molar-refractivity contribution is 5.42. The Balaban J connectivity index is 2.71. The van der Waals surface area contributed by atoms with Crippen LogP contribution >= 0.6 is 0 Å². The number of unbranched alkanes of at least 4 members (excludes halogenated alkanes) is 2.